The van der Waals surface area contributed by atoms with Gasteiger partial charge in [0.25, 0.3) is 5.69 Å². The molecule has 92 valence electrons. The third kappa shape index (κ3) is 3.51. The van der Waals surface area contributed by atoms with Gasteiger partial charge in [0.05, 0.1) is 11.0 Å². The average Bonchev–Trinajstić information content (AvgIpc) is 2.25. The van der Waals surface area contributed by atoms with E-state index in [4.69, 9.17) is 5.73 Å². The first-order valence-electron chi connectivity index (χ1n) is 5.14. The Bertz CT molecular complexity index is 448. The second kappa shape index (κ2) is 5.38. The van der Waals surface area contributed by atoms with Crippen molar-refractivity contribution in [2.24, 2.45) is 5.73 Å². The summed E-state index contributed by atoms with van der Waals surface area (Å²) in [6.07, 6.45) is 0.585. The predicted octanol–water partition coefficient (Wildman–Crippen LogP) is 2.10. The van der Waals surface area contributed by atoms with E-state index in [1.54, 1.807) is 6.92 Å². The zero-order chi connectivity index (χ0) is 13.0. The van der Waals surface area contributed by atoms with Gasteiger partial charge in [0.2, 0.25) is 5.91 Å². The third-order valence-electron chi connectivity index (χ3n) is 2.55. The number of hydrogen-bond acceptors (Lipinski definition) is 3. The highest BCUT2D eigenvalue weighted by molar-refractivity contribution is 5.73. The quantitative estimate of drug-likeness (QED) is 0.631. The molecule has 1 rings (SSSR count). The molecule has 2 N–H and O–H groups in total. The molecule has 17 heavy (non-hydrogen) atoms. The Hall–Kier alpha value is -1.98. The fourth-order valence-corrected chi connectivity index (χ4v) is 1.54. The molecule has 0 heterocycles. The number of benzene rings is 1. The van der Waals surface area contributed by atoms with Gasteiger partial charge in [-0.25, -0.2) is 4.39 Å². The molecule has 0 saturated heterocycles. The first kappa shape index (κ1) is 13.1. The molecule has 1 unspecified atom stereocenters. The summed E-state index contributed by atoms with van der Waals surface area (Å²) in [6.45, 7) is 1.74. The second-order valence-electron chi connectivity index (χ2n) is 3.87. The molecule has 6 heteroatoms. The maximum absolute atomic E-state index is 13.6. The van der Waals surface area contributed by atoms with Crippen molar-refractivity contribution in [3.8, 4) is 0 Å². The first-order chi connectivity index (χ1) is 7.91. The lowest BCUT2D eigenvalue weighted by molar-refractivity contribution is -0.385. The highest BCUT2D eigenvalue weighted by Gasteiger charge is 2.15. The van der Waals surface area contributed by atoms with Crippen LogP contribution in [0.5, 0.6) is 0 Å². The van der Waals surface area contributed by atoms with Crippen LogP contribution >= 0.6 is 0 Å². The zero-order valence-corrected chi connectivity index (χ0v) is 9.35. The number of nitro groups is 1. The molecule has 0 fully saturated rings. The van der Waals surface area contributed by atoms with Crippen molar-refractivity contribution >= 4 is 11.6 Å². The van der Waals surface area contributed by atoms with Gasteiger partial charge < -0.3 is 5.73 Å². The number of carbonyl (C=O) groups excluding carboxylic acids is 1. The van der Waals surface area contributed by atoms with Crippen LogP contribution in [-0.2, 0) is 4.79 Å². The Morgan fingerprint density at radius 2 is 2.24 bits per heavy atom. The van der Waals surface area contributed by atoms with Crippen LogP contribution in [0.25, 0.3) is 0 Å². The number of nitrogens with zero attached hydrogens (tertiary/aromatic N) is 1. The van der Waals surface area contributed by atoms with E-state index in [9.17, 15) is 19.3 Å². The lowest BCUT2D eigenvalue weighted by Crippen LogP contribution is -2.11. The molecule has 0 aromatic heterocycles. The summed E-state index contributed by atoms with van der Waals surface area (Å²) in [5.41, 5.74) is 5.07. The van der Waals surface area contributed by atoms with Crippen LogP contribution in [0.1, 0.15) is 31.2 Å². The Morgan fingerprint density at radius 1 is 1.59 bits per heavy atom. The molecule has 5 nitrogen and oxygen atoms in total. The van der Waals surface area contributed by atoms with E-state index in [1.807, 2.05) is 0 Å². The molecule has 1 aromatic rings. The summed E-state index contributed by atoms with van der Waals surface area (Å²) >= 11 is 0. The van der Waals surface area contributed by atoms with Gasteiger partial charge >= 0.3 is 0 Å². The standard InChI is InChI=1S/C11H13FN2O3/c1-7(2-5-11(13)15)9-4-3-8(14(16)17)6-10(9)12/h3-4,6-7H,2,5H2,1H3,(H2,13,15). The number of nitrogens with two attached hydrogens (primary N) is 1. The summed E-state index contributed by atoms with van der Waals surface area (Å²) in [6, 6.07) is 3.51. The van der Waals surface area contributed by atoms with E-state index >= 15 is 0 Å². The maximum atomic E-state index is 13.6. The number of amides is 1. The largest absolute Gasteiger partial charge is 0.370 e. The number of halogens is 1. The predicted molar refractivity (Wildman–Crippen MR) is 59.9 cm³/mol. The summed E-state index contributed by atoms with van der Waals surface area (Å²) in [5.74, 6) is -1.28. The summed E-state index contributed by atoms with van der Waals surface area (Å²) < 4.78 is 13.6. The van der Waals surface area contributed by atoms with Crippen LogP contribution in [0.4, 0.5) is 10.1 Å². The molecule has 1 aromatic carbocycles. The molecule has 0 aliphatic rings. The van der Waals surface area contributed by atoms with Crippen LogP contribution in [0.15, 0.2) is 18.2 Å². The van der Waals surface area contributed by atoms with Gasteiger partial charge in [-0.1, -0.05) is 6.92 Å². The van der Waals surface area contributed by atoms with Crippen molar-refractivity contribution in [2.75, 3.05) is 0 Å². The number of hydrogen-bond donors (Lipinski definition) is 1. The van der Waals surface area contributed by atoms with Gasteiger partial charge in [0, 0.05) is 12.5 Å². The van der Waals surface area contributed by atoms with E-state index in [0.717, 1.165) is 6.07 Å². The SMILES string of the molecule is CC(CCC(N)=O)c1ccc([N+](=O)[O-])cc1F. The number of non-ortho nitro benzene ring substituents is 1. The molecule has 0 radical (unpaired) electrons. The van der Waals surface area contributed by atoms with Crippen LogP contribution < -0.4 is 5.73 Å². The lowest BCUT2D eigenvalue weighted by Gasteiger charge is -2.11. The Kier molecular flexibility index (Phi) is 4.14. The van der Waals surface area contributed by atoms with Gasteiger partial charge in [-0.2, -0.15) is 0 Å². The first-order valence-corrected chi connectivity index (χ1v) is 5.14. The molecule has 0 bridgehead atoms. The minimum Gasteiger partial charge on any atom is -0.370 e. The van der Waals surface area contributed by atoms with Gasteiger partial charge in [0.15, 0.2) is 0 Å². The fraction of sp³-hybridized carbons (Fsp3) is 0.364. The van der Waals surface area contributed by atoms with Crippen molar-refractivity contribution < 1.29 is 14.1 Å². The number of carbonyl (C=O) groups is 1. The fourth-order valence-electron chi connectivity index (χ4n) is 1.54. The van der Waals surface area contributed by atoms with E-state index < -0.39 is 16.6 Å². The van der Waals surface area contributed by atoms with Crippen molar-refractivity contribution in [3.63, 3.8) is 0 Å². The molecule has 0 spiro atoms. The van der Waals surface area contributed by atoms with Gasteiger partial charge in [-0.05, 0) is 24.0 Å². The third-order valence-corrected chi connectivity index (χ3v) is 2.55. The highest BCUT2D eigenvalue weighted by atomic mass is 19.1. The summed E-state index contributed by atoms with van der Waals surface area (Å²) in [7, 11) is 0. The van der Waals surface area contributed by atoms with Crippen molar-refractivity contribution in [1.82, 2.24) is 0 Å². The van der Waals surface area contributed by atoms with E-state index in [2.05, 4.69) is 0 Å². The van der Waals surface area contributed by atoms with Crippen LogP contribution in [0.2, 0.25) is 0 Å². The smallest absolute Gasteiger partial charge is 0.272 e. The molecule has 0 aliphatic heterocycles. The van der Waals surface area contributed by atoms with E-state index in [1.165, 1.54) is 12.1 Å². The van der Waals surface area contributed by atoms with Gasteiger partial charge in [0.1, 0.15) is 5.82 Å². The normalized spacial score (nSPS) is 12.1. The molecule has 0 saturated carbocycles. The number of nitro benzene ring substituents is 1. The zero-order valence-electron chi connectivity index (χ0n) is 9.35. The molecule has 1 amide bonds. The monoisotopic (exact) mass is 240 g/mol. The molecular formula is C11H13FN2O3. The minimum absolute atomic E-state index is 0.164. The van der Waals surface area contributed by atoms with Crippen LogP contribution in [0, 0.1) is 15.9 Å². The maximum Gasteiger partial charge on any atom is 0.272 e. The van der Waals surface area contributed by atoms with Gasteiger partial charge in [-0.15, -0.1) is 0 Å². The van der Waals surface area contributed by atoms with Crippen molar-refractivity contribution in [1.29, 1.82) is 0 Å². The Labute approximate surface area is 97.6 Å². The second-order valence-corrected chi connectivity index (χ2v) is 3.87. The Balaban J connectivity index is 2.84. The van der Waals surface area contributed by atoms with Crippen LogP contribution in [0.3, 0.4) is 0 Å². The lowest BCUT2D eigenvalue weighted by atomic mass is 9.95. The van der Waals surface area contributed by atoms with Crippen molar-refractivity contribution in [3.05, 3.63) is 39.7 Å². The topological polar surface area (TPSA) is 86.2 Å². The van der Waals surface area contributed by atoms with Crippen LogP contribution in [-0.4, -0.2) is 10.8 Å². The molecular weight excluding hydrogens is 227 g/mol. The summed E-state index contributed by atoms with van der Waals surface area (Å²) in [5, 5.41) is 10.4. The van der Waals surface area contributed by atoms with E-state index in [-0.39, 0.29) is 18.0 Å². The molecule has 0 aliphatic carbocycles. The minimum atomic E-state index is -0.652. The number of rotatable bonds is 5. The average molecular weight is 240 g/mol. The van der Waals surface area contributed by atoms with Gasteiger partial charge in [-0.3, -0.25) is 14.9 Å². The van der Waals surface area contributed by atoms with E-state index in [0.29, 0.717) is 12.0 Å². The highest BCUT2D eigenvalue weighted by Crippen LogP contribution is 2.26. The van der Waals surface area contributed by atoms with Crippen molar-refractivity contribution in [2.45, 2.75) is 25.7 Å². The number of primary amides is 1. The summed E-state index contributed by atoms with van der Waals surface area (Å²) in [4.78, 5) is 20.4. The molecule has 1 atom stereocenters. The Morgan fingerprint density at radius 3 is 2.71 bits per heavy atom.